The highest BCUT2D eigenvalue weighted by Crippen LogP contribution is 2.16. The van der Waals surface area contributed by atoms with Crippen molar-refractivity contribution in [3.05, 3.63) is 48.4 Å². The van der Waals surface area contributed by atoms with Gasteiger partial charge in [0.1, 0.15) is 0 Å². The monoisotopic (exact) mass is 349 g/mol. The molecule has 1 aromatic carbocycles. The number of hydrogen-bond acceptors (Lipinski definition) is 4. The zero-order valence-corrected chi connectivity index (χ0v) is 13.9. The van der Waals surface area contributed by atoms with Crippen LogP contribution in [-0.2, 0) is 4.79 Å². The fraction of sp³-hybridized carbons (Fsp3) is 0.294. The highest BCUT2D eigenvalue weighted by Gasteiger charge is 2.20. The molecule has 1 saturated heterocycles. The summed E-state index contributed by atoms with van der Waals surface area (Å²) in [4.78, 5) is 24.0. The summed E-state index contributed by atoms with van der Waals surface area (Å²) >= 11 is 0. The largest absolute Gasteiger partial charge is 0.459 e. The van der Waals surface area contributed by atoms with E-state index in [1.165, 1.54) is 6.26 Å². The SMILES string of the molecule is Cl.O=C(Nc1ccc(NC(=O)C2CCCCN2)cc1)c1ccco1. The van der Waals surface area contributed by atoms with Crippen molar-refractivity contribution in [1.29, 1.82) is 0 Å². The Kier molecular flexibility index (Phi) is 6.40. The summed E-state index contributed by atoms with van der Waals surface area (Å²) in [5.41, 5.74) is 1.35. The average molecular weight is 350 g/mol. The lowest BCUT2D eigenvalue weighted by Gasteiger charge is -2.22. The van der Waals surface area contributed by atoms with Gasteiger partial charge in [0, 0.05) is 11.4 Å². The lowest BCUT2D eigenvalue weighted by atomic mass is 10.0. The molecule has 1 atom stereocenters. The van der Waals surface area contributed by atoms with Gasteiger partial charge < -0.3 is 20.4 Å². The first-order chi connectivity index (χ1) is 11.2. The molecule has 1 aliphatic heterocycles. The maximum atomic E-state index is 12.1. The number of benzene rings is 1. The third-order valence-electron chi connectivity index (χ3n) is 3.78. The molecule has 6 nitrogen and oxygen atoms in total. The first kappa shape index (κ1) is 18.0. The van der Waals surface area contributed by atoms with E-state index in [0.717, 1.165) is 25.8 Å². The van der Waals surface area contributed by atoms with Crippen LogP contribution in [0.1, 0.15) is 29.8 Å². The standard InChI is InChI=1S/C17H19N3O3.ClH/c21-16(14-4-1-2-10-18-14)19-12-6-8-13(9-7-12)20-17(22)15-5-3-11-23-15;/h3,5-9,11,14,18H,1-2,4,10H2,(H,19,21)(H,20,22);1H. The summed E-state index contributed by atoms with van der Waals surface area (Å²) in [5.74, 6) is -0.0685. The molecule has 2 aromatic rings. The van der Waals surface area contributed by atoms with Gasteiger partial charge in [0.2, 0.25) is 5.91 Å². The van der Waals surface area contributed by atoms with Crippen LogP contribution in [0, 0.1) is 0 Å². The van der Waals surface area contributed by atoms with Crippen LogP contribution in [0.3, 0.4) is 0 Å². The molecule has 3 rings (SSSR count). The summed E-state index contributed by atoms with van der Waals surface area (Å²) in [7, 11) is 0. The summed E-state index contributed by atoms with van der Waals surface area (Å²) in [6, 6.07) is 10.1. The molecular weight excluding hydrogens is 330 g/mol. The lowest BCUT2D eigenvalue weighted by molar-refractivity contribution is -0.118. The van der Waals surface area contributed by atoms with E-state index >= 15 is 0 Å². The number of halogens is 1. The predicted octanol–water partition coefficient (Wildman–Crippen LogP) is 3.03. The molecule has 0 spiro atoms. The second-order valence-corrected chi connectivity index (χ2v) is 5.50. The van der Waals surface area contributed by atoms with E-state index in [2.05, 4.69) is 16.0 Å². The van der Waals surface area contributed by atoms with Crippen LogP contribution in [0.2, 0.25) is 0 Å². The van der Waals surface area contributed by atoms with Crippen LogP contribution < -0.4 is 16.0 Å². The Hall–Kier alpha value is -2.31. The summed E-state index contributed by atoms with van der Waals surface area (Å²) in [6.45, 7) is 0.885. The maximum absolute atomic E-state index is 12.1. The van der Waals surface area contributed by atoms with Crippen LogP contribution >= 0.6 is 12.4 Å². The second kappa shape index (κ2) is 8.52. The van der Waals surface area contributed by atoms with E-state index in [9.17, 15) is 9.59 Å². The van der Waals surface area contributed by atoms with E-state index in [1.54, 1.807) is 36.4 Å². The van der Waals surface area contributed by atoms with E-state index in [-0.39, 0.29) is 36.0 Å². The molecule has 128 valence electrons. The third kappa shape index (κ3) is 4.59. The minimum absolute atomic E-state index is 0. The van der Waals surface area contributed by atoms with Gasteiger partial charge in [0.15, 0.2) is 5.76 Å². The number of nitrogens with one attached hydrogen (secondary N) is 3. The first-order valence-corrected chi connectivity index (χ1v) is 7.71. The number of furan rings is 1. The molecular formula is C17H20ClN3O3. The van der Waals surface area contributed by atoms with Crippen molar-refractivity contribution in [2.45, 2.75) is 25.3 Å². The van der Waals surface area contributed by atoms with Gasteiger partial charge in [-0.1, -0.05) is 6.42 Å². The van der Waals surface area contributed by atoms with Crippen molar-refractivity contribution in [2.24, 2.45) is 0 Å². The van der Waals surface area contributed by atoms with Crippen LogP contribution in [0.4, 0.5) is 11.4 Å². The van der Waals surface area contributed by atoms with E-state index in [0.29, 0.717) is 11.4 Å². The summed E-state index contributed by atoms with van der Waals surface area (Å²) in [5, 5.41) is 8.83. The molecule has 3 N–H and O–H groups in total. The molecule has 2 amide bonds. The van der Waals surface area contributed by atoms with Gasteiger partial charge in [-0.25, -0.2) is 0 Å². The molecule has 1 aliphatic rings. The zero-order valence-electron chi connectivity index (χ0n) is 13.1. The van der Waals surface area contributed by atoms with Gasteiger partial charge in [0.05, 0.1) is 12.3 Å². The number of carbonyl (C=O) groups excluding carboxylic acids is 2. The Labute approximate surface area is 146 Å². The Morgan fingerprint density at radius 3 is 2.33 bits per heavy atom. The number of rotatable bonds is 4. The fourth-order valence-corrected chi connectivity index (χ4v) is 2.54. The van der Waals surface area contributed by atoms with E-state index in [1.807, 2.05) is 0 Å². The van der Waals surface area contributed by atoms with E-state index < -0.39 is 0 Å². The number of carbonyl (C=O) groups is 2. The molecule has 0 radical (unpaired) electrons. The van der Waals surface area contributed by atoms with Crippen LogP contribution in [0.25, 0.3) is 0 Å². The zero-order chi connectivity index (χ0) is 16.1. The van der Waals surface area contributed by atoms with Gasteiger partial charge in [0.25, 0.3) is 5.91 Å². The molecule has 0 saturated carbocycles. The molecule has 24 heavy (non-hydrogen) atoms. The molecule has 1 fully saturated rings. The number of amides is 2. The summed E-state index contributed by atoms with van der Waals surface area (Å²) < 4.78 is 5.04. The number of anilines is 2. The quantitative estimate of drug-likeness (QED) is 0.792. The van der Waals surface area contributed by atoms with Gasteiger partial charge in [-0.3, -0.25) is 9.59 Å². The van der Waals surface area contributed by atoms with Crippen LogP contribution in [0.15, 0.2) is 47.1 Å². The maximum Gasteiger partial charge on any atom is 0.291 e. The van der Waals surface area contributed by atoms with Gasteiger partial charge in [-0.15, -0.1) is 12.4 Å². The van der Waals surface area contributed by atoms with Crippen molar-refractivity contribution in [1.82, 2.24) is 5.32 Å². The molecule has 1 unspecified atom stereocenters. The lowest BCUT2D eigenvalue weighted by Crippen LogP contribution is -2.43. The molecule has 2 heterocycles. The predicted molar refractivity (Wildman–Crippen MR) is 94.6 cm³/mol. The first-order valence-electron chi connectivity index (χ1n) is 7.71. The van der Waals surface area contributed by atoms with Crippen molar-refractivity contribution in [2.75, 3.05) is 17.2 Å². The van der Waals surface area contributed by atoms with Gasteiger partial charge >= 0.3 is 0 Å². The smallest absolute Gasteiger partial charge is 0.291 e. The Morgan fingerprint density at radius 1 is 1.04 bits per heavy atom. The number of piperidine rings is 1. The van der Waals surface area contributed by atoms with Crippen molar-refractivity contribution in [3.63, 3.8) is 0 Å². The molecule has 0 bridgehead atoms. The Balaban J connectivity index is 0.00000208. The topological polar surface area (TPSA) is 83.4 Å². The van der Waals surface area contributed by atoms with E-state index in [4.69, 9.17) is 4.42 Å². The number of hydrogen-bond donors (Lipinski definition) is 3. The highest BCUT2D eigenvalue weighted by molar-refractivity contribution is 6.02. The second-order valence-electron chi connectivity index (χ2n) is 5.50. The van der Waals surface area contributed by atoms with Crippen LogP contribution in [-0.4, -0.2) is 24.4 Å². The molecule has 1 aromatic heterocycles. The highest BCUT2D eigenvalue weighted by atomic mass is 35.5. The average Bonchev–Trinajstić information content (AvgIpc) is 3.12. The van der Waals surface area contributed by atoms with Crippen LogP contribution in [0.5, 0.6) is 0 Å². The van der Waals surface area contributed by atoms with Gasteiger partial charge in [-0.2, -0.15) is 0 Å². The molecule has 7 heteroatoms. The normalized spacial score (nSPS) is 16.8. The van der Waals surface area contributed by atoms with Crippen molar-refractivity contribution < 1.29 is 14.0 Å². The minimum atomic E-state index is -0.307. The third-order valence-corrected chi connectivity index (χ3v) is 3.78. The minimum Gasteiger partial charge on any atom is -0.459 e. The Morgan fingerprint density at radius 2 is 1.75 bits per heavy atom. The summed E-state index contributed by atoms with van der Waals surface area (Å²) in [6.07, 6.45) is 4.51. The molecule has 0 aliphatic carbocycles. The Bertz CT molecular complexity index is 665. The van der Waals surface area contributed by atoms with Crippen molar-refractivity contribution in [3.8, 4) is 0 Å². The van der Waals surface area contributed by atoms with Crippen molar-refractivity contribution >= 4 is 35.6 Å². The van der Waals surface area contributed by atoms with Gasteiger partial charge in [-0.05, 0) is 55.8 Å². The fourth-order valence-electron chi connectivity index (χ4n) is 2.54.